The third-order valence-corrected chi connectivity index (χ3v) is 5.48. The predicted molar refractivity (Wildman–Crippen MR) is 116 cm³/mol. The van der Waals surface area contributed by atoms with Crippen molar-refractivity contribution in [1.29, 1.82) is 0 Å². The van der Waals surface area contributed by atoms with Gasteiger partial charge in [-0.2, -0.15) is 0 Å². The molecule has 33 heavy (non-hydrogen) atoms. The highest BCUT2D eigenvalue weighted by atomic mass is 19.1. The number of nitrogens with zero attached hydrogens (tertiary/aromatic N) is 2. The molecule has 0 radical (unpaired) electrons. The molecule has 0 aliphatic carbocycles. The number of fused-ring (bicyclic) bond motifs is 1. The number of rotatable bonds is 8. The van der Waals surface area contributed by atoms with Gasteiger partial charge >= 0.3 is 0 Å². The van der Waals surface area contributed by atoms with Crippen LogP contribution in [0.2, 0.25) is 0 Å². The lowest BCUT2D eigenvalue weighted by molar-refractivity contribution is 0.0953. The third-order valence-electron chi connectivity index (χ3n) is 5.48. The Morgan fingerprint density at radius 3 is 2.42 bits per heavy atom. The average Bonchev–Trinajstić information content (AvgIpc) is 3.14. The van der Waals surface area contributed by atoms with Gasteiger partial charge in [-0.3, -0.25) is 9.20 Å². The van der Waals surface area contributed by atoms with Crippen LogP contribution < -0.4 is 4.74 Å². The second kappa shape index (κ2) is 9.46. The number of ketones is 1. The summed E-state index contributed by atoms with van der Waals surface area (Å²) in [5.74, 6) is -2.34. The van der Waals surface area contributed by atoms with E-state index in [-0.39, 0.29) is 36.7 Å². The van der Waals surface area contributed by atoms with Crippen molar-refractivity contribution in [3.8, 4) is 5.75 Å². The van der Waals surface area contributed by atoms with Gasteiger partial charge in [0, 0.05) is 18.5 Å². The highest BCUT2D eigenvalue weighted by Crippen LogP contribution is 2.27. The van der Waals surface area contributed by atoms with Crippen molar-refractivity contribution in [3.05, 3.63) is 101 Å². The van der Waals surface area contributed by atoms with Crippen molar-refractivity contribution < 1.29 is 27.8 Å². The summed E-state index contributed by atoms with van der Waals surface area (Å²) in [6, 6.07) is 12.5. The lowest BCUT2D eigenvalue weighted by atomic mass is 9.93. The summed E-state index contributed by atoms with van der Waals surface area (Å²) in [7, 11) is 0. The topological polar surface area (TPSA) is 63.8 Å². The zero-order valence-electron chi connectivity index (χ0n) is 17.8. The van der Waals surface area contributed by atoms with E-state index in [0.29, 0.717) is 22.6 Å². The van der Waals surface area contributed by atoms with Gasteiger partial charge < -0.3 is 9.84 Å². The molecule has 0 bridgehead atoms. The summed E-state index contributed by atoms with van der Waals surface area (Å²) >= 11 is 0. The average molecular weight is 454 g/mol. The van der Waals surface area contributed by atoms with Crippen molar-refractivity contribution in [2.75, 3.05) is 6.61 Å². The summed E-state index contributed by atoms with van der Waals surface area (Å²) in [4.78, 5) is 17.6. The lowest BCUT2D eigenvalue weighted by Crippen LogP contribution is -2.14. The van der Waals surface area contributed by atoms with Gasteiger partial charge in [-0.25, -0.2) is 18.2 Å². The second-order valence-electron chi connectivity index (χ2n) is 7.66. The molecule has 2 aromatic carbocycles. The highest BCUT2D eigenvalue weighted by Gasteiger charge is 2.23. The Kier molecular flexibility index (Phi) is 6.46. The number of aromatic nitrogens is 2. The molecule has 1 N–H and O–H groups in total. The number of carbonyl (C=O) groups is 1. The molecule has 170 valence electrons. The first-order valence-corrected chi connectivity index (χ1v) is 10.3. The molecular weight excluding hydrogens is 433 g/mol. The maximum Gasteiger partial charge on any atom is 0.182 e. The zero-order chi connectivity index (χ0) is 23.5. The predicted octanol–water partition coefficient (Wildman–Crippen LogP) is 4.99. The molecule has 0 aliphatic heterocycles. The van der Waals surface area contributed by atoms with Crippen molar-refractivity contribution in [2.45, 2.75) is 25.9 Å². The van der Waals surface area contributed by atoms with E-state index in [4.69, 9.17) is 4.74 Å². The minimum absolute atomic E-state index is 0.0116. The van der Waals surface area contributed by atoms with Gasteiger partial charge in [0.05, 0.1) is 17.9 Å². The fourth-order valence-electron chi connectivity index (χ4n) is 3.77. The van der Waals surface area contributed by atoms with E-state index >= 15 is 0 Å². The number of hydrogen-bond acceptors (Lipinski definition) is 4. The molecule has 4 rings (SSSR count). The number of aliphatic hydroxyl groups is 1. The molecule has 0 amide bonds. The summed E-state index contributed by atoms with van der Waals surface area (Å²) in [5, 5.41) is 9.80. The number of halogens is 3. The molecule has 0 unspecified atom stereocenters. The lowest BCUT2D eigenvalue weighted by Gasteiger charge is -2.14. The number of pyridine rings is 1. The third kappa shape index (κ3) is 4.61. The van der Waals surface area contributed by atoms with Crippen LogP contribution in [0.5, 0.6) is 5.75 Å². The van der Waals surface area contributed by atoms with Crippen molar-refractivity contribution in [2.24, 2.45) is 0 Å². The van der Waals surface area contributed by atoms with Crippen LogP contribution in [0, 0.1) is 24.4 Å². The first kappa shape index (κ1) is 22.5. The van der Waals surface area contributed by atoms with Crippen LogP contribution in [-0.4, -0.2) is 26.9 Å². The van der Waals surface area contributed by atoms with Crippen LogP contribution in [0.4, 0.5) is 13.2 Å². The molecule has 0 saturated heterocycles. The number of ether oxygens (including phenoxy) is 1. The molecule has 4 aromatic rings. The quantitative estimate of drug-likeness (QED) is 0.381. The molecule has 2 aromatic heterocycles. The van der Waals surface area contributed by atoms with Gasteiger partial charge in [0.1, 0.15) is 29.8 Å². The largest absolute Gasteiger partial charge is 0.485 e. The summed E-state index contributed by atoms with van der Waals surface area (Å²) in [5.41, 5.74) is 1.54. The van der Waals surface area contributed by atoms with Crippen molar-refractivity contribution >= 4 is 11.4 Å². The summed E-state index contributed by atoms with van der Waals surface area (Å²) in [6.45, 7) is 1.05. The molecular formula is C25H21F3N2O3. The monoisotopic (exact) mass is 454 g/mol. The molecule has 8 heteroatoms. The smallest absolute Gasteiger partial charge is 0.182 e. The minimum Gasteiger partial charge on any atom is -0.485 e. The van der Waals surface area contributed by atoms with Crippen LogP contribution in [-0.2, 0) is 6.61 Å². The Labute approximate surface area is 188 Å². The molecule has 5 nitrogen and oxygen atoms in total. The van der Waals surface area contributed by atoms with Gasteiger partial charge in [0.2, 0.25) is 0 Å². The van der Waals surface area contributed by atoms with Crippen LogP contribution >= 0.6 is 0 Å². The first-order chi connectivity index (χ1) is 15.9. The zero-order valence-corrected chi connectivity index (χ0v) is 17.8. The molecule has 0 aliphatic rings. The van der Waals surface area contributed by atoms with E-state index in [0.717, 1.165) is 12.1 Å². The van der Waals surface area contributed by atoms with Gasteiger partial charge in [-0.15, -0.1) is 0 Å². The fourth-order valence-corrected chi connectivity index (χ4v) is 3.77. The Morgan fingerprint density at radius 1 is 1.06 bits per heavy atom. The fraction of sp³-hybridized carbons (Fsp3) is 0.200. The second-order valence-corrected chi connectivity index (χ2v) is 7.66. The van der Waals surface area contributed by atoms with E-state index in [1.54, 1.807) is 41.8 Å². The van der Waals surface area contributed by atoms with Gasteiger partial charge in [0.15, 0.2) is 17.2 Å². The van der Waals surface area contributed by atoms with E-state index in [9.17, 15) is 23.1 Å². The SMILES string of the molecule is Cc1nc2c(OCc3c(F)cccc3F)cccn2c1C(=O)C[C@@H](CO)c1ccc(F)cc1. The van der Waals surface area contributed by atoms with Crippen molar-refractivity contribution in [1.82, 2.24) is 9.38 Å². The molecule has 2 heterocycles. The Hall–Kier alpha value is -3.65. The highest BCUT2D eigenvalue weighted by molar-refractivity contribution is 5.97. The minimum atomic E-state index is -0.715. The van der Waals surface area contributed by atoms with E-state index in [2.05, 4.69) is 4.98 Å². The van der Waals surface area contributed by atoms with Gasteiger partial charge in [-0.05, 0) is 48.9 Å². The van der Waals surface area contributed by atoms with E-state index < -0.39 is 23.4 Å². The van der Waals surface area contributed by atoms with Crippen LogP contribution in [0.1, 0.15) is 39.6 Å². The normalized spacial score (nSPS) is 12.2. The number of hydrogen-bond donors (Lipinski definition) is 1. The molecule has 0 saturated carbocycles. The van der Waals surface area contributed by atoms with E-state index in [1.807, 2.05) is 0 Å². The van der Waals surface area contributed by atoms with E-state index in [1.165, 1.54) is 18.2 Å². The summed E-state index contributed by atoms with van der Waals surface area (Å²) in [6.07, 6.45) is 1.63. The number of imidazole rings is 1. The van der Waals surface area contributed by atoms with Gasteiger partial charge in [0.25, 0.3) is 0 Å². The van der Waals surface area contributed by atoms with Crippen molar-refractivity contribution in [3.63, 3.8) is 0 Å². The Morgan fingerprint density at radius 2 is 1.76 bits per heavy atom. The van der Waals surface area contributed by atoms with Crippen LogP contribution in [0.3, 0.4) is 0 Å². The molecule has 0 fully saturated rings. The number of aryl methyl sites for hydroxylation is 1. The maximum atomic E-state index is 13.9. The summed E-state index contributed by atoms with van der Waals surface area (Å²) < 4.78 is 48.3. The standard InChI is InChI=1S/C25H21F3N2O3/c1-15-24(22(32)12-17(13-31)16-7-9-18(26)10-8-16)30-11-3-6-23(25(30)29-15)33-14-19-20(27)4-2-5-21(19)28/h2-11,17,31H,12-14H2,1H3/t17-/m0/s1. The number of aliphatic hydroxyl groups excluding tert-OH is 1. The maximum absolute atomic E-state index is 13.9. The number of benzene rings is 2. The van der Waals surface area contributed by atoms with Crippen LogP contribution in [0.15, 0.2) is 60.8 Å². The van der Waals surface area contributed by atoms with Gasteiger partial charge in [-0.1, -0.05) is 18.2 Å². The van der Waals surface area contributed by atoms with Crippen LogP contribution in [0.25, 0.3) is 5.65 Å². The first-order valence-electron chi connectivity index (χ1n) is 10.3. The Balaban J connectivity index is 1.60. The number of carbonyl (C=O) groups excluding carboxylic acids is 1. The molecule has 0 spiro atoms. The Bertz CT molecular complexity index is 1280. The molecule has 1 atom stereocenters. The number of Topliss-reactive ketones (excluding diaryl/α,β-unsaturated/α-hetero) is 1.